The largest absolute Gasteiger partial charge is 0.465 e. The van der Waals surface area contributed by atoms with Crippen molar-refractivity contribution in [2.45, 2.75) is 109 Å². The number of carbonyl (C=O) groups excluding carboxylic acids is 1. The van der Waals surface area contributed by atoms with Gasteiger partial charge in [0.2, 0.25) is 0 Å². The lowest BCUT2D eigenvalue weighted by molar-refractivity contribution is -0.121. The zero-order valence-electron chi connectivity index (χ0n) is 29.4. The zero-order chi connectivity index (χ0) is 35.5. The fraction of sp³-hybridized carbons (Fsp3) is 0.476. The molecule has 2 aromatic rings. The molecular formula is C42H48N4O5. The molecule has 0 unspecified atom stereocenters. The standard InChI is InChI=1S/C42H48N4O5/c1-2-3-4-7-31(47)23-32(48)11-8-27-9-15-38-39(20-27)51-41-35(42(18-19-50-38)16-5-6-17-42)13-14-37(49)33-12-10-28(40(43)44)21-29(33)22-30-24-45-36-26-46(41)25-34(30)36/h9-10,12,15,20-21,24,26,31,35,37,40-41,47,49H,2-8,11,16-17,22-23,25,43-44H2,1H3/t31-,35-,37+,41+/m1/s1. The van der Waals surface area contributed by atoms with E-state index >= 15 is 0 Å². The molecular weight excluding hydrogens is 640 g/mol. The van der Waals surface area contributed by atoms with Gasteiger partial charge in [-0.1, -0.05) is 81.1 Å². The first-order valence-electron chi connectivity index (χ1n) is 18.5. The molecule has 0 aromatic heterocycles. The molecule has 1 saturated carbocycles. The van der Waals surface area contributed by atoms with Gasteiger partial charge >= 0.3 is 0 Å². The van der Waals surface area contributed by atoms with Gasteiger partial charge in [-0.15, -0.1) is 0 Å². The van der Waals surface area contributed by atoms with Crippen LogP contribution in [0.15, 0.2) is 64.4 Å². The minimum absolute atomic E-state index is 0.0468. The second kappa shape index (κ2) is 15.1. The third kappa shape index (κ3) is 7.49. The maximum Gasteiger partial charge on any atom is 0.187 e. The number of carbonyl (C=O) groups is 1. The number of Topliss-reactive ketones (excluding diaryl/α,β-unsaturated/α-hetero) is 1. The Kier molecular flexibility index (Phi) is 10.4. The van der Waals surface area contributed by atoms with E-state index in [0.717, 1.165) is 84.0 Å². The summed E-state index contributed by atoms with van der Waals surface area (Å²) in [7, 11) is 0. The highest BCUT2D eigenvalue weighted by Crippen LogP contribution is 2.49. The van der Waals surface area contributed by atoms with Crippen LogP contribution in [0.3, 0.4) is 0 Å². The van der Waals surface area contributed by atoms with E-state index in [1.54, 1.807) is 0 Å². The topological polar surface area (TPSA) is 144 Å². The number of fused-ring (bicyclic) bond motifs is 6. The molecule has 9 heteroatoms. The van der Waals surface area contributed by atoms with Crippen LogP contribution in [-0.2, 0) is 17.6 Å². The van der Waals surface area contributed by atoms with Gasteiger partial charge in [-0.05, 0) is 72.1 Å². The van der Waals surface area contributed by atoms with Crippen LogP contribution in [0.5, 0.6) is 11.5 Å². The van der Waals surface area contributed by atoms with Gasteiger partial charge in [-0.2, -0.15) is 0 Å². The number of allylic oxidation sites excluding steroid dienone is 1. The summed E-state index contributed by atoms with van der Waals surface area (Å²) in [6, 6.07) is 11.4. The van der Waals surface area contributed by atoms with Crippen molar-refractivity contribution in [1.82, 2.24) is 4.90 Å². The van der Waals surface area contributed by atoms with Gasteiger partial charge in [0.1, 0.15) is 18.0 Å². The van der Waals surface area contributed by atoms with E-state index in [4.69, 9.17) is 25.9 Å². The van der Waals surface area contributed by atoms with Crippen LogP contribution in [0.4, 0.5) is 0 Å². The van der Waals surface area contributed by atoms with Crippen molar-refractivity contribution >= 4 is 12.0 Å². The number of unbranched alkanes of at least 4 members (excludes halogenated alkanes) is 2. The first kappa shape index (κ1) is 35.0. The maximum atomic E-state index is 12.8. The molecule has 1 aliphatic carbocycles. The van der Waals surface area contributed by atoms with Crippen molar-refractivity contribution in [1.29, 1.82) is 0 Å². The summed E-state index contributed by atoms with van der Waals surface area (Å²) in [5.74, 6) is 10.9. The number of nitrogens with zero attached hydrogens (tertiary/aromatic N) is 2. The SMILES string of the molecule is CCCCC[C@@H](O)CC(=O)CCc1ccc2c(c1)O[C@H]1[C@@H](C#C[C@H](O)c3ccc(C(N)N)cc3CC3=C4CN1C=C4N=C3)C1(C#CO2)CCCC1. The minimum atomic E-state index is -1.05. The third-order valence-corrected chi connectivity index (χ3v) is 11.0. The summed E-state index contributed by atoms with van der Waals surface area (Å²) in [6.07, 6.45) is 13.1. The first-order valence-corrected chi connectivity index (χ1v) is 18.5. The maximum absolute atomic E-state index is 12.8. The molecule has 266 valence electrons. The molecule has 5 aliphatic rings. The van der Waals surface area contributed by atoms with Crippen molar-refractivity contribution in [2.75, 3.05) is 6.54 Å². The van der Waals surface area contributed by atoms with Crippen molar-refractivity contribution in [3.05, 3.63) is 81.7 Å². The Hall–Kier alpha value is -4.38. The molecule has 0 saturated heterocycles. The molecule has 6 N–H and O–H groups in total. The van der Waals surface area contributed by atoms with E-state index in [-0.39, 0.29) is 12.2 Å². The summed E-state index contributed by atoms with van der Waals surface area (Å²) in [5, 5.41) is 22.0. The molecule has 1 spiro atoms. The third-order valence-electron chi connectivity index (χ3n) is 11.0. The highest BCUT2D eigenvalue weighted by molar-refractivity contribution is 5.87. The van der Waals surface area contributed by atoms with Gasteiger partial charge < -0.3 is 36.1 Å². The van der Waals surface area contributed by atoms with Gasteiger partial charge in [0.25, 0.3) is 0 Å². The lowest BCUT2D eigenvalue weighted by Crippen LogP contribution is -2.47. The predicted octanol–water partition coefficient (Wildman–Crippen LogP) is 5.50. The number of nitrogens with two attached hydrogens (primary N) is 2. The molecule has 2 aromatic carbocycles. The van der Waals surface area contributed by atoms with Crippen molar-refractivity contribution in [2.24, 2.45) is 27.8 Å². The van der Waals surface area contributed by atoms with Crippen LogP contribution in [0.1, 0.15) is 106 Å². The normalized spacial score (nSPS) is 23.1. The molecule has 0 amide bonds. The number of aliphatic imine (C=N–C) groups is 1. The number of ether oxygens (including phenoxy) is 2. The van der Waals surface area contributed by atoms with E-state index < -0.39 is 35.9 Å². The average molecular weight is 689 g/mol. The predicted molar refractivity (Wildman–Crippen MR) is 196 cm³/mol. The highest BCUT2D eigenvalue weighted by Gasteiger charge is 2.48. The summed E-state index contributed by atoms with van der Waals surface area (Å²) >= 11 is 0. The van der Waals surface area contributed by atoms with Crippen molar-refractivity contribution in [3.8, 4) is 35.4 Å². The number of hydrogen-bond acceptors (Lipinski definition) is 9. The monoisotopic (exact) mass is 688 g/mol. The number of aliphatic hydroxyl groups is 2. The summed E-state index contributed by atoms with van der Waals surface area (Å²) < 4.78 is 13.1. The lowest BCUT2D eigenvalue weighted by atomic mass is 9.73. The van der Waals surface area contributed by atoms with Gasteiger partial charge in [0.15, 0.2) is 17.7 Å². The average Bonchev–Trinajstić information content (AvgIpc) is 3.86. The number of rotatable bonds is 10. The molecule has 1 fully saturated rings. The van der Waals surface area contributed by atoms with Crippen LogP contribution in [0, 0.1) is 35.2 Å². The Morgan fingerprint density at radius 3 is 2.76 bits per heavy atom. The Morgan fingerprint density at radius 1 is 1.12 bits per heavy atom. The van der Waals surface area contributed by atoms with Crippen LogP contribution < -0.4 is 20.9 Å². The van der Waals surface area contributed by atoms with Crippen LogP contribution in [0.2, 0.25) is 0 Å². The van der Waals surface area contributed by atoms with Gasteiger partial charge in [0.05, 0.1) is 29.3 Å². The lowest BCUT2D eigenvalue weighted by Gasteiger charge is -2.39. The van der Waals surface area contributed by atoms with E-state index in [1.807, 2.05) is 42.6 Å². The van der Waals surface area contributed by atoms with Gasteiger partial charge in [-0.25, -0.2) is 0 Å². The molecule has 4 atom stereocenters. The van der Waals surface area contributed by atoms with E-state index in [2.05, 4.69) is 41.9 Å². The molecule has 51 heavy (non-hydrogen) atoms. The van der Waals surface area contributed by atoms with Crippen LogP contribution >= 0.6 is 0 Å². The molecule has 2 bridgehead atoms. The summed E-state index contributed by atoms with van der Waals surface area (Å²) in [5.41, 5.74) is 18.0. The van der Waals surface area contributed by atoms with E-state index in [0.29, 0.717) is 43.7 Å². The smallest absolute Gasteiger partial charge is 0.187 e. The second-order valence-electron chi connectivity index (χ2n) is 14.7. The number of hydrogen-bond donors (Lipinski definition) is 4. The van der Waals surface area contributed by atoms with E-state index in [1.165, 1.54) is 0 Å². The van der Waals surface area contributed by atoms with Gasteiger partial charge in [-0.3, -0.25) is 9.79 Å². The Labute approximate surface area is 300 Å². The van der Waals surface area contributed by atoms with Crippen LogP contribution in [0.25, 0.3) is 0 Å². The molecule has 4 aliphatic heterocycles. The van der Waals surface area contributed by atoms with Crippen molar-refractivity contribution in [3.63, 3.8) is 0 Å². The Morgan fingerprint density at radius 2 is 1.96 bits per heavy atom. The molecule has 4 heterocycles. The minimum Gasteiger partial charge on any atom is -0.465 e. The summed E-state index contributed by atoms with van der Waals surface area (Å²) in [6.45, 7) is 2.70. The quantitative estimate of drug-likeness (QED) is 0.146. The number of benzene rings is 2. The van der Waals surface area contributed by atoms with Crippen LogP contribution in [-0.4, -0.2) is 46.0 Å². The fourth-order valence-electron chi connectivity index (χ4n) is 8.07. The molecule has 7 rings (SSSR count). The fourth-order valence-corrected chi connectivity index (χ4v) is 8.07. The Bertz CT molecular complexity index is 1880. The molecule has 0 radical (unpaired) electrons. The second-order valence-corrected chi connectivity index (χ2v) is 14.7. The van der Waals surface area contributed by atoms with Crippen molar-refractivity contribution < 1.29 is 24.5 Å². The summed E-state index contributed by atoms with van der Waals surface area (Å²) in [4.78, 5) is 19.8. The zero-order valence-corrected chi connectivity index (χ0v) is 29.4. The molecule has 9 nitrogen and oxygen atoms in total. The van der Waals surface area contributed by atoms with E-state index in [9.17, 15) is 15.0 Å². The Balaban J connectivity index is 1.24. The number of aliphatic hydroxyl groups excluding tert-OH is 2. The highest BCUT2D eigenvalue weighted by atomic mass is 16.5. The number of aryl methyl sites for hydroxylation is 1. The van der Waals surface area contributed by atoms with Gasteiger partial charge in [0, 0.05) is 37.4 Å². The first-order chi connectivity index (χ1) is 24.7. The number of ketones is 1.